The topological polar surface area (TPSA) is 87.7 Å². The van der Waals surface area contributed by atoms with E-state index in [1.807, 2.05) is 44.2 Å². The Kier molecular flexibility index (Phi) is 7.15. The molecule has 1 aromatic rings. The first-order chi connectivity index (χ1) is 12.4. The van der Waals surface area contributed by atoms with Crippen LogP contribution in [0.1, 0.15) is 39.2 Å². The molecule has 0 saturated carbocycles. The zero-order chi connectivity index (χ0) is 19.1. The summed E-state index contributed by atoms with van der Waals surface area (Å²) < 4.78 is 0. The number of rotatable bonds is 7. The van der Waals surface area contributed by atoms with Crippen LogP contribution in [0.3, 0.4) is 0 Å². The van der Waals surface area contributed by atoms with Gasteiger partial charge >= 0.3 is 0 Å². The van der Waals surface area contributed by atoms with Gasteiger partial charge < -0.3 is 10.2 Å². The number of carbonyl (C=O) groups is 3. The SMILES string of the molecule is CC(=O)N1C[C@H](ONC(=O)CCc2ccccc2)C[C@H]1C(=O)NC(C)C. The Morgan fingerprint density at radius 3 is 2.54 bits per heavy atom. The standard InChI is InChI=1S/C19H27N3O4/c1-13(2)20-19(25)17-11-16(12-22(17)14(3)23)26-21-18(24)10-9-15-7-5-4-6-8-15/h4-8,13,16-17H,9-12H2,1-3H3,(H,20,25)(H,21,24)/t16-,17+/m1/s1. The van der Waals surface area contributed by atoms with Gasteiger partial charge in [0.25, 0.3) is 0 Å². The number of nitrogens with one attached hydrogen (secondary N) is 2. The Hall–Kier alpha value is -2.41. The lowest BCUT2D eigenvalue weighted by Crippen LogP contribution is -2.47. The highest BCUT2D eigenvalue weighted by atomic mass is 16.7. The van der Waals surface area contributed by atoms with Crippen LogP contribution in [-0.4, -0.2) is 47.4 Å². The fraction of sp³-hybridized carbons (Fsp3) is 0.526. The van der Waals surface area contributed by atoms with Gasteiger partial charge in [0, 0.05) is 25.8 Å². The number of hydroxylamine groups is 1. The minimum Gasteiger partial charge on any atom is -0.352 e. The number of hydrogen-bond donors (Lipinski definition) is 2. The molecule has 7 nitrogen and oxygen atoms in total. The molecule has 0 aliphatic carbocycles. The maximum Gasteiger partial charge on any atom is 0.243 e. The second-order valence-electron chi connectivity index (χ2n) is 6.84. The van der Waals surface area contributed by atoms with Crippen molar-refractivity contribution in [2.45, 2.75) is 58.2 Å². The lowest BCUT2D eigenvalue weighted by atomic mass is 10.1. The van der Waals surface area contributed by atoms with Crippen molar-refractivity contribution < 1.29 is 19.2 Å². The maximum absolute atomic E-state index is 12.3. The molecule has 7 heteroatoms. The van der Waals surface area contributed by atoms with Gasteiger partial charge in [0.1, 0.15) is 12.1 Å². The Balaban J connectivity index is 1.81. The number of amides is 3. The summed E-state index contributed by atoms with van der Waals surface area (Å²) in [6, 6.07) is 9.15. The van der Waals surface area contributed by atoms with E-state index in [1.165, 1.54) is 11.8 Å². The van der Waals surface area contributed by atoms with E-state index in [0.717, 1.165) is 5.56 Å². The second-order valence-corrected chi connectivity index (χ2v) is 6.84. The van der Waals surface area contributed by atoms with Gasteiger partial charge in [-0.1, -0.05) is 30.3 Å². The van der Waals surface area contributed by atoms with Crippen LogP contribution in [0.5, 0.6) is 0 Å². The molecule has 0 radical (unpaired) electrons. The monoisotopic (exact) mass is 361 g/mol. The molecule has 26 heavy (non-hydrogen) atoms. The molecule has 2 rings (SSSR count). The van der Waals surface area contributed by atoms with E-state index < -0.39 is 12.1 Å². The van der Waals surface area contributed by atoms with Crippen molar-refractivity contribution in [1.82, 2.24) is 15.7 Å². The van der Waals surface area contributed by atoms with Crippen LogP contribution in [0, 0.1) is 0 Å². The number of aryl methyl sites for hydroxylation is 1. The number of carbonyl (C=O) groups excluding carboxylic acids is 3. The molecule has 1 heterocycles. The van der Waals surface area contributed by atoms with Crippen molar-refractivity contribution in [3.63, 3.8) is 0 Å². The molecular formula is C19H27N3O4. The highest BCUT2D eigenvalue weighted by Crippen LogP contribution is 2.20. The summed E-state index contributed by atoms with van der Waals surface area (Å²) in [5.74, 6) is -0.606. The summed E-state index contributed by atoms with van der Waals surface area (Å²) in [7, 11) is 0. The van der Waals surface area contributed by atoms with E-state index in [4.69, 9.17) is 4.84 Å². The molecule has 1 aliphatic heterocycles. The molecular weight excluding hydrogens is 334 g/mol. The number of hydrogen-bond acceptors (Lipinski definition) is 4. The minimum absolute atomic E-state index is 0.00559. The van der Waals surface area contributed by atoms with Crippen LogP contribution >= 0.6 is 0 Å². The second kappa shape index (κ2) is 9.33. The molecule has 0 spiro atoms. The molecule has 1 aromatic carbocycles. The Morgan fingerprint density at radius 2 is 1.92 bits per heavy atom. The van der Waals surface area contributed by atoms with E-state index in [0.29, 0.717) is 19.3 Å². The van der Waals surface area contributed by atoms with E-state index in [1.54, 1.807) is 0 Å². The van der Waals surface area contributed by atoms with Crippen molar-refractivity contribution in [3.05, 3.63) is 35.9 Å². The lowest BCUT2D eigenvalue weighted by Gasteiger charge is -2.22. The predicted molar refractivity (Wildman–Crippen MR) is 96.8 cm³/mol. The van der Waals surface area contributed by atoms with Crippen molar-refractivity contribution in [3.8, 4) is 0 Å². The largest absolute Gasteiger partial charge is 0.352 e. The smallest absolute Gasteiger partial charge is 0.243 e. The van der Waals surface area contributed by atoms with Crippen LogP contribution in [0.2, 0.25) is 0 Å². The normalized spacial score (nSPS) is 19.5. The average molecular weight is 361 g/mol. The van der Waals surface area contributed by atoms with Crippen molar-refractivity contribution in [1.29, 1.82) is 0 Å². The summed E-state index contributed by atoms with van der Waals surface area (Å²) >= 11 is 0. The summed E-state index contributed by atoms with van der Waals surface area (Å²) in [5, 5.41) is 2.82. The molecule has 3 amide bonds. The first kappa shape index (κ1) is 19.9. The molecule has 2 atom stereocenters. The molecule has 0 unspecified atom stereocenters. The van der Waals surface area contributed by atoms with Crippen LogP contribution in [0.4, 0.5) is 0 Å². The highest BCUT2D eigenvalue weighted by molar-refractivity contribution is 5.87. The molecule has 142 valence electrons. The summed E-state index contributed by atoms with van der Waals surface area (Å²) in [5.41, 5.74) is 3.53. The van der Waals surface area contributed by atoms with Crippen LogP contribution < -0.4 is 10.8 Å². The third-order valence-corrected chi connectivity index (χ3v) is 4.22. The fourth-order valence-corrected chi connectivity index (χ4v) is 2.96. The van der Waals surface area contributed by atoms with Gasteiger partial charge in [-0.25, -0.2) is 5.48 Å². The van der Waals surface area contributed by atoms with Gasteiger partial charge in [0.2, 0.25) is 17.7 Å². The highest BCUT2D eigenvalue weighted by Gasteiger charge is 2.39. The third-order valence-electron chi connectivity index (χ3n) is 4.22. The Labute approximate surface area is 154 Å². The van der Waals surface area contributed by atoms with Crippen LogP contribution in [-0.2, 0) is 25.6 Å². The van der Waals surface area contributed by atoms with E-state index >= 15 is 0 Å². The molecule has 2 N–H and O–H groups in total. The summed E-state index contributed by atoms with van der Waals surface area (Å²) in [6.45, 7) is 5.44. The predicted octanol–water partition coefficient (Wildman–Crippen LogP) is 1.18. The van der Waals surface area contributed by atoms with Gasteiger partial charge in [-0.3, -0.25) is 19.2 Å². The van der Waals surface area contributed by atoms with E-state index in [2.05, 4.69) is 10.8 Å². The zero-order valence-electron chi connectivity index (χ0n) is 15.5. The third kappa shape index (κ3) is 5.84. The zero-order valence-corrected chi connectivity index (χ0v) is 15.5. The van der Waals surface area contributed by atoms with Gasteiger partial charge in [0.15, 0.2) is 0 Å². The van der Waals surface area contributed by atoms with Gasteiger partial charge in [-0.2, -0.15) is 0 Å². The molecule has 1 aliphatic rings. The minimum atomic E-state index is -0.568. The Bertz CT molecular complexity index is 633. The van der Waals surface area contributed by atoms with E-state index in [9.17, 15) is 14.4 Å². The van der Waals surface area contributed by atoms with E-state index in [-0.39, 0.29) is 30.3 Å². The summed E-state index contributed by atoms with van der Waals surface area (Å²) in [6.07, 6.45) is 0.892. The summed E-state index contributed by atoms with van der Waals surface area (Å²) in [4.78, 5) is 42.9. The molecule has 1 fully saturated rings. The van der Waals surface area contributed by atoms with Crippen LogP contribution in [0.25, 0.3) is 0 Å². The number of likely N-dealkylation sites (tertiary alicyclic amines) is 1. The van der Waals surface area contributed by atoms with Gasteiger partial charge in [-0.05, 0) is 25.8 Å². The fourth-order valence-electron chi connectivity index (χ4n) is 2.96. The maximum atomic E-state index is 12.3. The van der Waals surface area contributed by atoms with Gasteiger partial charge in [0.05, 0.1) is 6.54 Å². The molecule has 0 bridgehead atoms. The average Bonchev–Trinajstić information content (AvgIpc) is 3.03. The van der Waals surface area contributed by atoms with Crippen molar-refractivity contribution >= 4 is 17.7 Å². The first-order valence-electron chi connectivity index (χ1n) is 8.92. The number of nitrogens with zero attached hydrogens (tertiary/aromatic N) is 1. The van der Waals surface area contributed by atoms with Crippen molar-refractivity contribution in [2.75, 3.05) is 6.54 Å². The Morgan fingerprint density at radius 1 is 1.23 bits per heavy atom. The number of benzene rings is 1. The quantitative estimate of drug-likeness (QED) is 0.714. The molecule has 1 saturated heterocycles. The van der Waals surface area contributed by atoms with Crippen LogP contribution in [0.15, 0.2) is 30.3 Å². The lowest BCUT2D eigenvalue weighted by molar-refractivity contribution is -0.139. The molecule has 0 aromatic heterocycles. The van der Waals surface area contributed by atoms with Gasteiger partial charge in [-0.15, -0.1) is 0 Å². The van der Waals surface area contributed by atoms with Crippen molar-refractivity contribution in [2.24, 2.45) is 0 Å². The first-order valence-corrected chi connectivity index (χ1v) is 8.92.